The minimum atomic E-state index is -0.905. The third kappa shape index (κ3) is 3.01. The summed E-state index contributed by atoms with van der Waals surface area (Å²) in [7, 11) is 0. The molecule has 2 rings (SSSR count). The van der Waals surface area contributed by atoms with Gasteiger partial charge in [-0.3, -0.25) is 9.59 Å². The zero-order valence-corrected chi connectivity index (χ0v) is 12.6. The average Bonchev–Trinajstić information content (AvgIpc) is 2.74. The third-order valence-electron chi connectivity index (χ3n) is 4.04. The van der Waals surface area contributed by atoms with Gasteiger partial charge in [0.05, 0.1) is 12.0 Å². The summed E-state index contributed by atoms with van der Waals surface area (Å²) < 4.78 is 5.83. The van der Waals surface area contributed by atoms with Gasteiger partial charge in [-0.15, -0.1) is 0 Å². The molecule has 1 aliphatic rings. The third-order valence-corrected chi connectivity index (χ3v) is 4.04. The van der Waals surface area contributed by atoms with Gasteiger partial charge in [0.25, 0.3) is 5.91 Å². The summed E-state index contributed by atoms with van der Waals surface area (Å²) in [6.07, 6.45) is -0.00882. The van der Waals surface area contributed by atoms with Gasteiger partial charge >= 0.3 is 5.97 Å². The molecule has 1 aromatic carbocycles. The van der Waals surface area contributed by atoms with Crippen LogP contribution in [0, 0.1) is 0 Å². The van der Waals surface area contributed by atoms with Crippen molar-refractivity contribution in [2.45, 2.75) is 39.2 Å². The van der Waals surface area contributed by atoms with E-state index in [2.05, 4.69) is 6.92 Å². The second-order valence-electron chi connectivity index (χ2n) is 5.36. The van der Waals surface area contributed by atoms with E-state index in [-0.39, 0.29) is 30.9 Å². The molecule has 1 amide bonds. The van der Waals surface area contributed by atoms with Crippen LogP contribution in [0.5, 0.6) is 5.75 Å². The van der Waals surface area contributed by atoms with Crippen molar-refractivity contribution in [2.75, 3.05) is 13.1 Å². The lowest BCUT2D eigenvalue weighted by Gasteiger charge is -2.21. The molecule has 0 aromatic heterocycles. The summed E-state index contributed by atoms with van der Waals surface area (Å²) in [4.78, 5) is 24.8. The Morgan fingerprint density at radius 1 is 1.33 bits per heavy atom. The summed E-state index contributed by atoms with van der Waals surface area (Å²) in [5, 5.41) is 8.77. The van der Waals surface area contributed by atoms with E-state index in [0.717, 1.165) is 5.56 Å². The molecular weight excluding hydrogens is 270 g/mol. The number of ether oxygens (including phenoxy) is 1. The molecule has 5 nitrogen and oxygen atoms in total. The second-order valence-corrected chi connectivity index (χ2v) is 5.36. The van der Waals surface area contributed by atoms with Gasteiger partial charge in [0, 0.05) is 24.6 Å². The topological polar surface area (TPSA) is 66.8 Å². The number of aliphatic carboxylic acids is 1. The number of carbonyl (C=O) groups is 2. The lowest BCUT2D eigenvalue weighted by Crippen LogP contribution is -2.33. The largest absolute Gasteiger partial charge is 0.489 e. The fourth-order valence-electron chi connectivity index (χ4n) is 2.56. The van der Waals surface area contributed by atoms with Crippen LogP contribution in [0.15, 0.2) is 18.2 Å². The SMILES string of the molecule is CCN(CCC(=O)O)C(=O)c1cccc2c1OC(C)C2C. The lowest BCUT2D eigenvalue weighted by atomic mass is 9.96. The molecule has 0 saturated heterocycles. The molecule has 114 valence electrons. The molecule has 1 heterocycles. The van der Waals surface area contributed by atoms with Gasteiger partial charge in [-0.25, -0.2) is 0 Å². The van der Waals surface area contributed by atoms with Crippen LogP contribution in [0.25, 0.3) is 0 Å². The zero-order valence-electron chi connectivity index (χ0n) is 12.6. The number of rotatable bonds is 5. The summed E-state index contributed by atoms with van der Waals surface area (Å²) in [5.74, 6) is -0.173. The Kier molecular flexibility index (Phi) is 4.50. The number of carbonyl (C=O) groups excluding carboxylic acids is 1. The maximum atomic E-state index is 12.6. The van der Waals surface area contributed by atoms with Crippen LogP contribution >= 0.6 is 0 Å². The van der Waals surface area contributed by atoms with Crippen LogP contribution in [0.2, 0.25) is 0 Å². The quantitative estimate of drug-likeness (QED) is 0.905. The molecule has 0 bridgehead atoms. The molecule has 5 heteroatoms. The van der Waals surface area contributed by atoms with Gasteiger partial charge < -0.3 is 14.7 Å². The van der Waals surface area contributed by atoms with Crippen molar-refractivity contribution in [1.82, 2.24) is 4.90 Å². The van der Waals surface area contributed by atoms with E-state index in [1.54, 1.807) is 11.0 Å². The molecule has 21 heavy (non-hydrogen) atoms. The number of para-hydroxylation sites is 1. The van der Waals surface area contributed by atoms with E-state index in [0.29, 0.717) is 17.9 Å². The Labute approximate surface area is 124 Å². The van der Waals surface area contributed by atoms with Gasteiger partial charge in [-0.05, 0) is 19.9 Å². The van der Waals surface area contributed by atoms with Gasteiger partial charge in [0.15, 0.2) is 0 Å². The molecule has 0 saturated carbocycles. The van der Waals surface area contributed by atoms with Crippen molar-refractivity contribution >= 4 is 11.9 Å². The molecular formula is C16H21NO4. The number of carboxylic acids is 1. The van der Waals surface area contributed by atoms with E-state index in [1.165, 1.54) is 0 Å². The van der Waals surface area contributed by atoms with Crippen LogP contribution in [0.4, 0.5) is 0 Å². The predicted molar refractivity (Wildman–Crippen MR) is 78.8 cm³/mol. The number of fused-ring (bicyclic) bond motifs is 1. The van der Waals surface area contributed by atoms with Crippen molar-refractivity contribution in [3.8, 4) is 5.75 Å². The molecule has 2 atom stereocenters. The maximum Gasteiger partial charge on any atom is 0.305 e. The van der Waals surface area contributed by atoms with Crippen molar-refractivity contribution in [2.24, 2.45) is 0 Å². The number of carboxylic acid groups (broad SMARTS) is 1. The standard InChI is InChI=1S/C16H21NO4/c1-4-17(9-8-14(18)19)16(20)13-7-5-6-12-10(2)11(3)21-15(12)13/h5-7,10-11H,4,8-9H2,1-3H3,(H,18,19). The van der Waals surface area contributed by atoms with Crippen molar-refractivity contribution in [1.29, 1.82) is 0 Å². The van der Waals surface area contributed by atoms with Crippen LogP contribution in [-0.4, -0.2) is 41.1 Å². The average molecular weight is 291 g/mol. The normalized spacial score (nSPS) is 19.8. The first kappa shape index (κ1) is 15.4. The monoisotopic (exact) mass is 291 g/mol. The van der Waals surface area contributed by atoms with Crippen LogP contribution in [0.1, 0.15) is 49.0 Å². The van der Waals surface area contributed by atoms with Crippen LogP contribution in [0.3, 0.4) is 0 Å². The predicted octanol–water partition coefficient (Wildman–Crippen LogP) is 2.51. The van der Waals surface area contributed by atoms with Crippen molar-refractivity contribution in [3.63, 3.8) is 0 Å². The number of benzene rings is 1. The van der Waals surface area contributed by atoms with Gasteiger partial charge in [-0.1, -0.05) is 19.1 Å². The van der Waals surface area contributed by atoms with Crippen LogP contribution in [-0.2, 0) is 4.79 Å². The summed E-state index contributed by atoms with van der Waals surface area (Å²) in [6, 6.07) is 5.58. The molecule has 1 aromatic rings. The summed E-state index contributed by atoms with van der Waals surface area (Å²) in [6.45, 7) is 6.59. The summed E-state index contributed by atoms with van der Waals surface area (Å²) >= 11 is 0. The first-order valence-corrected chi connectivity index (χ1v) is 7.26. The number of amides is 1. The van der Waals surface area contributed by atoms with Crippen molar-refractivity contribution in [3.05, 3.63) is 29.3 Å². The van der Waals surface area contributed by atoms with E-state index in [9.17, 15) is 9.59 Å². The molecule has 1 N–H and O–H groups in total. The molecule has 0 spiro atoms. The highest BCUT2D eigenvalue weighted by atomic mass is 16.5. The molecule has 2 unspecified atom stereocenters. The van der Waals surface area contributed by atoms with Crippen LogP contribution < -0.4 is 4.74 Å². The summed E-state index contributed by atoms with van der Waals surface area (Å²) in [5.41, 5.74) is 1.57. The minimum Gasteiger partial charge on any atom is -0.489 e. The highest BCUT2D eigenvalue weighted by Crippen LogP contribution is 2.40. The molecule has 0 aliphatic carbocycles. The lowest BCUT2D eigenvalue weighted by molar-refractivity contribution is -0.137. The first-order valence-electron chi connectivity index (χ1n) is 7.26. The zero-order chi connectivity index (χ0) is 15.6. The highest BCUT2D eigenvalue weighted by molar-refractivity contribution is 5.97. The first-order chi connectivity index (χ1) is 9.95. The Hall–Kier alpha value is -2.04. The fraction of sp³-hybridized carbons (Fsp3) is 0.500. The Balaban J connectivity index is 2.26. The second kappa shape index (κ2) is 6.16. The number of nitrogens with zero attached hydrogens (tertiary/aromatic N) is 1. The van der Waals surface area contributed by atoms with Gasteiger partial charge in [0.1, 0.15) is 11.9 Å². The fourth-order valence-corrected chi connectivity index (χ4v) is 2.56. The maximum absolute atomic E-state index is 12.6. The van der Waals surface area contributed by atoms with E-state index < -0.39 is 5.97 Å². The van der Waals surface area contributed by atoms with E-state index in [1.807, 2.05) is 26.0 Å². The molecule has 1 aliphatic heterocycles. The minimum absolute atomic E-state index is 0.0445. The van der Waals surface area contributed by atoms with Gasteiger partial charge in [-0.2, -0.15) is 0 Å². The Morgan fingerprint density at radius 2 is 2.05 bits per heavy atom. The molecule has 0 radical (unpaired) electrons. The smallest absolute Gasteiger partial charge is 0.305 e. The molecule has 0 fully saturated rings. The van der Waals surface area contributed by atoms with Crippen molar-refractivity contribution < 1.29 is 19.4 Å². The number of hydrogen-bond donors (Lipinski definition) is 1. The Morgan fingerprint density at radius 3 is 2.67 bits per heavy atom. The highest BCUT2D eigenvalue weighted by Gasteiger charge is 2.32. The van der Waals surface area contributed by atoms with E-state index in [4.69, 9.17) is 9.84 Å². The van der Waals surface area contributed by atoms with Gasteiger partial charge in [0.2, 0.25) is 0 Å². The Bertz CT molecular complexity index is 555. The number of hydrogen-bond acceptors (Lipinski definition) is 3. The van der Waals surface area contributed by atoms with E-state index >= 15 is 0 Å².